The van der Waals surface area contributed by atoms with E-state index in [-0.39, 0.29) is 0 Å². The minimum atomic E-state index is 1.10. The second-order valence-electron chi connectivity index (χ2n) is 6.86. The van der Waals surface area contributed by atoms with Crippen molar-refractivity contribution in [1.82, 2.24) is 0 Å². The predicted octanol–water partition coefficient (Wildman–Crippen LogP) is 5.88. The van der Waals surface area contributed by atoms with E-state index in [1.807, 2.05) is 0 Å². The van der Waals surface area contributed by atoms with Gasteiger partial charge < -0.3 is 0 Å². The molecule has 0 heterocycles. The molecule has 116 valence electrons. The molecule has 0 nitrogen and oxygen atoms in total. The van der Waals surface area contributed by atoms with Crippen LogP contribution < -0.4 is 0 Å². The molecule has 0 saturated heterocycles. The van der Waals surface area contributed by atoms with Gasteiger partial charge in [0.05, 0.1) is 0 Å². The number of fused-ring (bicyclic) bond motifs is 4. The Balaban J connectivity index is 1.75. The van der Waals surface area contributed by atoms with E-state index in [0.29, 0.717) is 0 Å². The van der Waals surface area contributed by atoms with Gasteiger partial charge in [-0.2, -0.15) is 0 Å². The first kappa shape index (κ1) is 13.8. The highest BCUT2D eigenvalue weighted by Crippen LogP contribution is 2.30. The van der Waals surface area contributed by atoms with Gasteiger partial charge >= 0.3 is 0 Å². The van der Waals surface area contributed by atoms with Gasteiger partial charge in [0.15, 0.2) is 0 Å². The van der Waals surface area contributed by atoms with Crippen LogP contribution in [0.3, 0.4) is 0 Å². The Morgan fingerprint density at radius 3 is 0.833 bits per heavy atom. The van der Waals surface area contributed by atoms with Crippen LogP contribution in [0.4, 0.5) is 0 Å². The summed E-state index contributed by atoms with van der Waals surface area (Å²) in [6.45, 7) is 0. The van der Waals surface area contributed by atoms with Gasteiger partial charge in [-0.05, 0) is 69.5 Å². The Kier molecular flexibility index (Phi) is 3.16. The zero-order valence-corrected chi connectivity index (χ0v) is 13.8. The number of benzene rings is 4. The summed E-state index contributed by atoms with van der Waals surface area (Å²) in [5.41, 5.74) is 5.90. The minimum absolute atomic E-state index is 1.10. The molecule has 24 heavy (non-hydrogen) atoms. The second kappa shape index (κ2) is 5.49. The van der Waals surface area contributed by atoms with Crippen LogP contribution in [0.5, 0.6) is 0 Å². The van der Waals surface area contributed by atoms with Crippen molar-refractivity contribution < 1.29 is 0 Å². The number of aryl methyl sites for hydroxylation is 4. The molecule has 0 aromatic heterocycles. The van der Waals surface area contributed by atoms with Gasteiger partial charge in [0.25, 0.3) is 0 Å². The van der Waals surface area contributed by atoms with E-state index in [1.54, 1.807) is 0 Å². The molecule has 0 fully saturated rings. The van der Waals surface area contributed by atoms with E-state index in [0.717, 1.165) is 25.7 Å². The maximum atomic E-state index is 2.35. The maximum absolute atomic E-state index is 2.35. The van der Waals surface area contributed by atoms with E-state index in [9.17, 15) is 0 Å². The van der Waals surface area contributed by atoms with E-state index in [2.05, 4.69) is 72.8 Å². The molecule has 2 aliphatic carbocycles. The molecule has 0 radical (unpaired) electrons. The van der Waals surface area contributed by atoms with Gasteiger partial charge in [-0.25, -0.2) is 0 Å². The number of hydrogen-bond donors (Lipinski definition) is 0. The first-order valence-corrected chi connectivity index (χ1v) is 8.89. The topological polar surface area (TPSA) is 0 Å². The normalized spacial score (nSPS) is 14.0. The third-order valence-electron chi connectivity index (χ3n) is 5.54. The summed E-state index contributed by atoms with van der Waals surface area (Å²) in [6.07, 6.45) is 4.41. The van der Waals surface area contributed by atoms with E-state index >= 15 is 0 Å². The summed E-state index contributed by atoms with van der Waals surface area (Å²) < 4.78 is 0. The van der Waals surface area contributed by atoms with E-state index in [4.69, 9.17) is 0 Å². The van der Waals surface area contributed by atoms with Crippen LogP contribution in [0.25, 0.3) is 21.5 Å². The Hall–Kier alpha value is -2.60. The lowest BCUT2D eigenvalue weighted by atomic mass is 9.88. The fourth-order valence-corrected chi connectivity index (χ4v) is 4.26. The van der Waals surface area contributed by atoms with Crippen molar-refractivity contribution in [1.29, 1.82) is 0 Å². The zero-order chi connectivity index (χ0) is 15.9. The van der Waals surface area contributed by atoms with E-state index < -0.39 is 0 Å². The quantitative estimate of drug-likeness (QED) is 0.381. The van der Waals surface area contributed by atoms with Gasteiger partial charge in [-0.3, -0.25) is 0 Å². The van der Waals surface area contributed by atoms with Crippen molar-refractivity contribution >= 4 is 21.5 Å². The molecular weight excluding hydrogens is 288 g/mol. The van der Waals surface area contributed by atoms with Crippen LogP contribution in [-0.2, 0) is 25.7 Å². The highest BCUT2D eigenvalue weighted by atomic mass is 14.2. The van der Waals surface area contributed by atoms with Crippen molar-refractivity contribution in [2.75, 3.05) is 0 Å². The first-order valence-electron chi connectivity index (χ1n) is 8.89. The standard InChI is InChI=1S/C24H20/c1-2-6-22-18-10-9-17(21(22)5-1)13-14-19-11-12-20(16-15-18)24-8-4-3-7-23(19)24/h1-12H,13-16H2. The molecule has 4 aromatic carbocycles. The van der Waals surface area contributed by atoms with Crippen LogP contribution in [0, 0.1) is 0 Å². The monoisotopic (exact) mass is 308 g/mol. The molecule has 0 saturated carbocycles. The van der Waals surface area contributed by atoms with Gasteiger partial charge in [0, 0.05) is 0 Å². The van der Waals surface area contributed by atoms with Crippen LogP contribution in [0.15, 0.2) is 72.8 Å². The van der Waals surface area contributed by atoms with Gasteiger partial charge in [-0.1, -0.05) is 72.8 Å². The SMILES string of the molecule is c1ccc2c3ccc(c2c1)CCc1ccc(c2ccccc12)CC3. The molecular formula is C24H20. The first-order chi connectivity index (χ1) is 11.9. The predicted molar refractivity (Wildman–Crippen MR) is 103 cm³/mol. The van der Waals surface area contributed by atoms with Crippen LogP contribution in [0.2, 0.25) is 0 Å². The van der Waals surface area contributed by atoms with E-state index in [1.165, 1.54) is 43.8 Å². The molecule has 2 aliphatic rings. The number of hydrogen-bond acceptors (Lipinski definition) is 0. The van der Waals surface area contributed by atoms with Gasteiger partial charge in [0.1, 0.15) is 0 Å². The summed E-state index contributed by atoms with van der Waals surface area (Å²) >= 11 is 0. The highest BCUT2D eigenvalue weighted by Gasteiger charge is 2.11. The summed E-state index contributed by atoms with van der Waals surface area (Å²) in [5, 5.41) is 5.76. The molecule has 0 amide bonds. The fraction of sp³-hybridized carbons (Fsp3) is 0.167. The van der Waals surface area contributed by atoms with Crippen molar-refractivity contribution in [2.45, 2.75) is 25.7 Å². The van der Waals surface area contributed by atoms with Crippen LogP contribution in [-0.4, -0.2) is 0 Å². The Morgan fingerprint density at radius 1 is 0.333 bits per heavy atom. The molecule has 0 spiro atoms. The summed E-state index contributed by atoms with van der Waals surface area (Å²) in [7, 11) is 0. The fourth-order valence-electron chi connectivity index (χ4n) is 4.26. The molecule has 0 N–H and O–H groups in total. The molecule has 0 aliphatic heterocycles. The third-order valence-corrected chi connectivity index (χ3v) is 5.54. The van der Waals surface area contributed by atoms with Crippen molar-refractivity contribution in [2.24, 2.45) is 0 Å². The largest absolute Gasteiger partial charge is 0.0616 e. The molecule has 0 heteroatoms. The molecule has 0 atom stereocenters. The lowest BCUT2D eigenvalue weighted by Gasteiger charge is -2.16. The Bertz CT molecular complexity index is 884. The van der Waals surface area contributed by atoms with Crippen molar-refractivity contribution in [3.63, 3.8) is 0 Å². The lowest BCUT2D eigenvalue weighted by molar-refractivity contribution is 0.947. The Morgan fingerprint density at radius 2 is 0.583 bits per heavy atom. The average molecular weight is 308 g/mol. The average Bonchev–Trinajstić information content (AvgIpc) is 2.63. The molecule has 4 aromatic rings. The summed E-state index contributed by atoms with van der Waals surface area (Å²) in [5.74, 6) is 0. The summed E-state index contributed by atoms with van der Waals surface area (Å²) in [6, 6.07) is 27.3. The minimum Gasteiger partial charge on any atom is -0.0616 e. The van der Waals surface area contributed by atoms with Gasteiger partial charge in [0.2, 0.25) is 0 Å². The smallest absolute Gasteiger partial charge is 0.0149 e. The van der Waals surface area contributed by atoms with Gasteiger partial charge in [-0.15, -0.1) is 0 Å². The van der Waals surface area contributed by atoms with Crippen LogP contribution in [0.1, 0.15) is 22.3 Å². The Labute approximate surface area is 142 Å². The third kappa shape index (κ3) is 2.14. The lowest BCUT2D eigenvalue weighted by Crippen LogP contribution is -2.01. The van der Waals surface area contributed by atoms with Crippen LogP contribution >= 0.6 is 0 Å². The summed E-state index contributed by atoms with van der Waals surface area (Å²) in [4.78, 5) is 0. The molecule has 4 bridgehead atoms. The maximum Gasteiger partial charge on any atom is -0.0149 e. The second-order valence-corrected chi connectivity index (χ2v) is 6.86. The van der Waals surface area contributed by atoms with Crippen molar-refractivity contribution in [3.8, 4) is 0 Å². The zero-order valence-electron chi connectivity index (χ0n) is 13.8. The number of rotatable bonds is 0. The molecule has 6 rings (SSSR count). The van der Waals surface area contributed by atoms with Crippen molar-refractivity contribution in [3.05, 3.63) is 95.1 Å². The highest BCUT2D eigenvalue weighted by molar-refractivity contribution is 5.91. The molecule has 0 unspecified atom stereocenters.